The topological polar surface area (TPSA) is 108 Å². The number of aliphatic hydroxyl groups excluding tert-OH is 2. The molecule has 2 unspecified atom stereocenters. The van der Waals surface area contributed by atoms with Gasteiger partial charge in [0.1, 0.15) is 6.10 Å². The fourth-order valence-electron chi connectivity index (χ4n) is 1.65. The standard InChI is InChI=1S/C12H19N3O3/c1-8(16)14-7-6-11(17)12(18)9-4-2-3-5-10(9)15-13/h2-5,11-12,15,17-18H,6-7,13H2,1H3,(H,14,16). The van der Waals surface area contributed by atoms with Crippen LogP contribution in [0.25, 0.3) is 0 Å². The van der Waals surface area contributed by atoms with Gasteiger partial charge in [0.05, 0.1) is 11.8 Å². The molecule has 1 aromatic carbocycles. The maximum Gasteiger partial charge on any atom is 0.216 e. The van der Waals surface area contributed by atoms with E-state index in [0.29, 0.717) is 17.8 Å². The van der Waals surface area contributed by atoms with E-state index < -0.39 is 12.2 Å². The van der Waals surface area contributed by atoms with Crippen LogP contribution in [0.4, 0.5) is 5.69 Å². The smallest absolute Gasteiger partial charge is 0.216 e. The van der Waals surface area contributed by atoms with Crippen LogP contribution in [-0.2, 0) is 4.79 Å². The molecular weight excluding hydrogens is 234 g/mol. The van der Waals surface area contributed by atoms with Gasteiger partial charge in [-0.3, -0.25) is 10.6 Å². The summed E-state index contributed by atoms with van der Waals surface area (Å²) >= 11 is 0. The van der Waals surface area contributed by atoms with Gasteiger partial charge in [-0.15, -0.1) is 0 Å². The molecule has 0 saturated carbocycles. The molecule has 0 aliphatic rings. The summed E-state index contributed by atoms with van der Waals surface area (Å²) in [6.45, 7) is 1.71. The fourth-order valence-corrected chi connectivity index (χ4v) is 1.65. The molecule has 6 N–H and O–H groups in total. The summed E-state index contributed by atoms with van der Waals surface area (Å²) in [4.78, 5) is 10.7. The minimum atomic E-state index is -1.05. The number of nitrogen functional groups attached to an aromatic ring is 1. The van der Waals surface area contributed by atoms with Crippen LogP contribution < -0.4 is 16.6 Å². The van der Waals surface area contributed by atoms with Crippen LogP contribution in [0.2, 0.25) is 0 Å². The van der Waals surface area contributed by atoms with Crippen molar-refractivity contribution >= 4 is 11.6 Å². The lowest BCUT2D eigenvalue weighted by Crippen LogP contribution is -2.28. The molecule has 1 aromatic rings. The molecule has 6 nitrogen and oxygen atoms in total. The molecular formula is C12H19N3O3. The molecule has 0 radical (unpaired) electrons. The second-order valence-corrected chi connectivity index (χ2v) is 4.02. The van der Waals surface area contributed by atoms with Gasteiger partial charge < -0.3 is 21.0 Å². The molecule has 0 bridgehead atoms. The van der Waals surface area contributed by atoms with Crippen molar-refractivity contribution in [2.24, 2.45) is 5.84 Å². The van der Waals surface area contributed by atoms with Gasteiger partial charge in [0.2, 0.25) is 5.91 Å². The Kier molecular flexibility index (Phi) is 5.57. The second kappa shape index (κ2) is 6.95. The Labute approximate surface area is 106 Å². The highest BCUT2D eigenvalue weighted by molar-refractivity contribution is 5.72. The molecule has 0 heterocycles. The quantitative estimate of drug-likeness (QED) is 0.359. The molecule has 0 aromatic heterocycles. The zero-order valence-corrected chi connectivity index (χ0v) is 10.3. The largest absolute Gasteiger partial charge is 0.390 e. The summed E-state index contributed by atoms with van der Waals surface area (Å²) in [5.74, 6) is 5.16. The summed E-state index contributed by atoms with van der Waals surface area (Å²) < 4.78 is 0. The average Bonchev–Trinajstić information content (AvgIpc) is 2.37. The van der Waals surface area contributed by atoms with Crippen LogP contribution in [0, 0.1) is 0 Å². The lowest BCUT2D eigenvalue weighted by Gasteiger charge is -2.20. The van der Waals surface area contributed by atoms with E-state index in [1.165, 1.54) is 6.92 Å². The summed E-state index contributed by atoms with van der Waals surface area (Å²) in [5, 5.41) is 22.4. The summed E-state index contributed by atoms with van der Waals surface area (Å²) in [6.07, 6.45) is -1.75. The minimum absolute atomic E-state index is 0.166. The van der Waals surface area contributed by atoms with Crippen molar-refractivity contribution in [2.75, 3.05) is 12.0 Å². The van der Waals surface area contributed by atoms with Crippen molar-refractivity contribution in [1.29, 1.82) is 0 Å². The first-order valence-corrected chi connectivity index (χ1v) is 5.72. The van der Waals surface area contributed by atoms with E-state index in [0.717, 1.165) is 0 Å². The molecule has 0 aliphatic carbocycles. The Morgan fingerprint density at radius 3 is 2.67 bits per heavy atom. The first kappa shape index (κ1) is 14.4. The SMILES string of the molecule is CC(=O)NCCC(O)C(O)c1ccccc1NN. The number of benzene rings is 1. The van der Waals surface area contributed by atoms with Gasteiger partial charge in [-0.25, -0.2) is 0 Å². The van der Waals surface area contributed by atoms with Crippen molar-refractivity contribution in [3.05, 3.63) is 29.8 Å². The molecule has 2 atom stereocenters. The number of carbonyl (C=O) groups excluding carboxylic acids is 1. The van der Waals surface area contributed by atoms with E-state index in [-0.39, 0.29) is 12.3 Å². The van der Waals surface area contributed by atoms with Crippen LogP contribution in [0.5, 0.6) is 0 Å². The lowest BCUT2D eigenvalue weighted by atomic mass is 10.0. The number of nitrogens with two attached hydrogens (primary N) is 1. The molecule has 0 saturated heterocycles. The van der Waals surface area contributed by atoms with Crippen LogP contribution in [0.1, 0.15) is 25.0 Å². The van der Waals surface area contributed by atoms with Crippen LogP contribution in [0.3, 0.4) is 0 Å². The van der Waals surface area contributed by atoms with Gasteiger partial charge in [0.25, 0.3) is 0 Å². The van der Waals surface area contributed by atoms with Crippen LogP contribution in [0.15, 0.2) is 24.3 Å². The maximum absolute atomic E-state index is 10.7. The molecule has 100 valence electrons. The molecule has 0 spiro atoms. The number of aliphatic hydroxyl groups is 2. The number of amides is 1. The molecule has 0 fully saturated rings. The van der Waals surface area contributed by atoms with Crippen molar-refractivity contribution in [1.82, 2.24) is 5.32 Å². The molecule has 6 heteroatoms. The van der Waals surface area contributed by atoms with Gasteiger partial charge in [0.15, 0.2) is 0 Å². The van der Waals surface area contributed by atoms with Gasteiger partial charge in [0, 0.05) is 19.0 Å². The first-order chi connectivity index (χ1) is 8.56. The Balaban J connectivity index is 2.62. The van der Waals surface area contributed by atoms with Crippen LogP contribution >= 0.6 is 0 Å². The van der Waals surface area contributed by atoms with Crippen molar-refractivity contribution < 1.29 is 15.0 Å². The molecule has 0 aliphatic heterocycles. The Morgan fingerprint density at radius 2 is 2.06 bits per heavy atom. The highest BCUT2D eigenvalue weighted by Gasteiger charge is 2.20. The van der Waals surface area contributed by atoms with E-state index in [1.807, 2.05) is 0 Å². The summed E-state index contributed by atoms with van der Waals surface area (Å²) in [5.41, 5.74) is 3.55. The number of nitrogens with one attached hydrogen (secondary N) is 2. The number of carbonyl (C=O) groups is 1. The second-order valence-electron chi connectivity index (χ2n) is 4.02. The monoisotopic (exact) mass is 253 g/mol. The van der Waals surface area contributed by atoms with E-state index >= 15 is 0 Å². The number of para-hydroxylation sites is 1. The zero-order valence-electron chi connectivity index (χ0n) is 10.3. The first-order valence-electron chi connectivity index (χ1n) is 5.72. The van der Waals surface area contributed by atoms with Crippen molar-refractivity contribution in [2.45, 2.75) is 25.6 Å². The minimum Gasteiger partial charge on any atom is -0.390 e. The summed E-state index contributed by atoms with van der Waals surface area (Å²) in [7, 11) is 0. The molecule has 1 amide bonds. The van der Waals surface area contributed by atoms with Crippen molar-refractivity contribution in [3.8, 4) is 0 Å². The van der Waals surface area contributed by atoms with Crippen molar-refractivity contribution in [3.63, 3.8) is 0 Å². The lowest BCUT2D eigenvalue weighted by molar-refractivity contribution is -0.119. The van der Waals surface area contributed by atoms with Gasteiger partial charge in [-0.05, 0) is 12.5 Å². The average molecular weight is 253 g/mol. The van der Waals surface area contributed by atoms with E-state index in [2.05, 4.69) is 10.7 Å². The molecule has 18 heavy (non-hydrogen) atoms. The van der Waals surface area contributed by atoms with Gasteiger partial charge in [-0.1, -0.05) is 18.2 Å². The highest BCUT2D eigenvalue weighted by Crippen LogP contribution is 2.25. The van der Waals surface area contributed by atoms with Crippen LogP contribution in [-0.4, -0.2) is 28.8 Å². The normalized spacial score (nSPS) is 13.8. The number of anilines is 1. The van der Waals surface area contributed by atoms with E-state index in [9.17, 15) is 15.0 Å². The Morgan fingerprint density at radius 1 is 1.39 bits per heavy atom. The number of hydrazine groups is 1. The number of hydrogen-bond donors (Lipinski definition) is 5. The predicted octanol–water partition coefficient (Wildman–Crippen LogP) is -0.107. The maximum atomic E-state index is 10.7. The van der Waals surface area contributed by atoms with Gasteiger partial charge in [-0.2, -0.15) is 0 Å². The Hall–Kier alpha value is -1.63. The third-order valence-corrected chi connectivity index (χ3v) is 2.61. The summed E-state index contributed by atoms with van der Waals surface area (Å²) in [6, 6.07) is 6.91. The van der Waals surface area contributed by atoms with E-state index in [4.69, 9.17) is 5.84 Å². The van der Waals surface area contributed by atoms with E-state index in [1.54, 1.807) is 24.3 Å². The molecule has 1 rings (SSSR count). The predicted molar refractivity (Wildman–Crippen MR) is 68.5 cm³/mol. The zero-order chi connectivity index (χ0) is 13.5. The third-order valence-electron chi connectivity index (χ3n) is 2.61. The fraction of sp³-hybridized carbons (Fsp3) is 0.417. The van der Waals surface area contributed by atoms with Gasteiger partial charge >= 0.3 is 0 Å². The number of rotatable bonds is 6. The Bertz CT molecular complexity index is 398. The third kappa shape index (κ3) is 3.99. The highest BCUT2D eigenvalue weighted by atomic mass is 16.3. The number of hydrogen-bond acceptors (Lipinski definition) is 5.